The maximum atomic E-state index is 14.3. The Morgan fingerprint density at radius 2 is 1.55 bits per heavy atom. The molecule has 0 bridgehead atoms. The monoisotopic (exact) mass is 542 g/mol. The number of nitrogens with zero attached hydrogens (tertiary/aromatic N) is 1. The highest BCUT2D eigenvalue weighted by Crippen LogP contribution is 2.50. The molecular formula is C26H27N2O9P. The number of hydrogen-bond donors (Lipinski definition) is 1. The van der Waals surface area contributed by atoms with Gasteiger partial charge in [-0.25, -0.2) is 14.2 Å². The lowest BCUT2D eigenvalue weighted by Crippen LogP contribution is -2.42. The molecule has 1 atom stereocenters. The van der Waals surface area contributed by atoms with Crippen molar-refractivity contribution in [2.75, 3.05) is 49.7 Å². The molecule has 12 heteroatoms. The van der Waals surface area contributed by atoms with E-state index in [9.17, 15) is 23.7 Å². The van der Waals surface area contributed by atoms with Crippen molar-refractivity contribution < 1.29 is 32.7 Å². The third-order valence-electron chi connectivity index (χ3n) is 5.90. The number of methoxy groups -OCH3 is 1. The minimum absolute atomic E-state index is 0.0289. The Morgan fingerprint density at radius 3 is 2.16 bits per heavy atom. The van der Waals surface area contributed by atoms with Crippen LogP contribution in [0.25, 0.3) is 0 Å². The van der Waals surface area contributed by atoms with Crippen LogP contribution >= 0.6 is 7.60 Å². The van der Waals surface area contributed by atoms with Gasteiger partial charge in [-0.2, -0.15) is 0 Å². The standard InChI is InChI=1S/C26H27N2O9P/c1-3-35-26(32)18-10-5-7-12-20(18)37-38(33,36-19-11-6-4-9-17(19)25(31)34-2)16-15-28-14-8-13-27-21-22(28)24(30)23(21)29/h4-7,9-12,27H,3,8,13-16H2,1-2H3. The van der Waals surface area contributed by atoms with Crippen LogP contribution in [0, 0.1) is 0 Å². The highest BCUT2D eigenvalue weighted by atomic mass is 31.2. The number of fused-ring (bicyclic) bond motifs is 1. The van der Waals surface area contributed by atoms with E-state index in [4.69, 9.17) is 18.5 Å². The van der Waals surface area contributed by atoms with Gasteiger partial charge in [-0.1, -0.05) is 24.3 Å². The van der Waals surface area contributed by atoms with Gasteiger partial charge in [-0.3, -0.25) is 9.59 Å². The molecule has 3 aromatic rings. The number of anilines is 2. The molecule has 0 amide bonds. The van der Waals surface area contributed by atoms with Crippen molar-refractivity contribution >= 4 is 30.9 Å². The van der Waals surface area contributed by atoms with Crippen molar-refractivity contribution in [3.8, 4) is 11.5 Å². The van der Waals surface area contributed by atoms with Crippen molar-refractivity contribution in [3.63, 3.8) is 0 Å². The van der Waals surface area contributed by atoms with Gasteiger partial charge >= 0.3 is 19.5 Å². The quantitative estimate of drug-likeness (QED) is 0.230. The number of para-hydroxylation sites is 2. The molecule has 0 radical (unpaired) electrons. The van der Waals surface area contributed by atoms with E-state index in [-0.39, 0.29) is 53.3 Å². The maximum absolute atomic E-state index is 14.3. The lowest BCUT2D eigenvalue weighted by atomic mass is 10.2. The van der Waals surface area contributed by atoms with E-state index in [0.717, 1.165) is 0 Å². The molecule has 0 spiro atoms. The van der Waals surface area contributed by atoms with Gasteiger partial charge in [0.15, 0.2) is 0 Å². The molecule has 3 aromatic carbocycles. The smallest absolute Gasteiger partial charge is 0.432 e. The lowest BCUT2D eigenvalue weighted by Gasteiger charge is -2.27. The number of esters is 2. The van der Waals surface area contributed by atoms with Crippen molar-refractivity contribution in [2.45, 2.75) is 13.3 Å². The molecule has 1 heterocycles. The van der Waals surface area contributed by atoms with Gasteiger partial charge in [0.2, 0.25) is 0 Å². The molecule has 0 aromatic heterocycles. The predicted molar refractivity (Wildman–Crippen MR) is 141 cm³/mol. The molecule has 1 aliphatic rings. The summed E-state index contributed by atoms with van der Waals surface area (Å²) < 4.78 is 35.9. The number of carbonyl (C=O) groups is 2. The molecule has 0 saturated heterocycles. The van der Waals surface area contributed by atoms with Crippen molar-refractivity contribution in [2.24, 2.45) is 0 Å². The average Bonchev–Trinajstić information content (AvgIpc) is 3.12. The molecule has 0 aliphatic carbocycles. The van der Waals surface area contributed by atoms with Crippen molar-refractivity contribution in [1.29, 1.82) is 0 Å². The third kappa shape index (κ3) is 5.57. The van der Waals surface area contributed by atoms with E-state index in [1.807, 2.05) is 0 Å². The highest BCUT2D eigenvalue weighted by Gasteiger charge is 2.35. The molecule has 200 valence electrons. The van der Waals surface area contributed by atoms with E-state index in [2.05, 4.69) is 5.32 Å². The number of benzene rings is 2. The van der Waals surface area contributed by atoms with E-state index in [0.29, 0.717) is 19.5 Å². The Labute approximate surface area is 218 Å². The predicted octanol–water partition coefficient (Wildman–Crippen LogP) is 3.22. The number of hydrogen-bond acceptors (Lipinski definition) is 11. The Balaban J connectivity index is 1.68. The Morgan fingerprint density at radius 1 is 0.947 bits per heavy atom. The van der Waals surface area contributed by atoms with Crippen LogP contribution in [-0.4, -0.2) is 51.5 Å². The molecule has 1 N–H and O–H groups in total. The van der Waals surface area contributed by atoms with Gasteiger partial charge in [0.1, 0.15) is 34.0 Å². The van der Waals surface area contributed by atoms with E-state index in [1.165, 1.54) is 31.4 Å². The molecule has 0 fully saturated rings. The van der Waals surface area contributed by atoms with Crippen LogP contribution in [0.15, 0.2) is 58.1 Å². The van der Waals surface area contributed by atoms with E-state index in [1.54, 1.807) is 36.1 Å². The summed E-state index contributed by atoms with van der Waals surface area (Å²) in [6.07, 6.45) is 0.397. The largest absolute Gasteiger partial charge is 0.465 e. The van der Waals surface area contributed by atoms with Crippen LogP contribution < -0.4 is 30.1 Å². The topological polar surface area (TPSA) is 138 Å². The number of rotatable bonds is 10. The van der Waals surface area contributed by atoms with Gasteiger partial charge in [0.25, 0.3) is 10.9 Å². The molecule has 0 saturated carbocycles. The van der Waals surface area contributed by atoms with Gasteiger partial charge in [0.05, 0.1) is 19.9 Å². The Hall–Kier alpha value is -4.11. The first-order valence-corrected chi connectivity index (χ1v) is 13.7. The maximum Gasteiger partial charge on any atom is 0.432 e. The second-order valence-corrected chi connectivity index (χ2v) is 10.4. The molecule has 4 rings (SSSR count). The summed E-state index contributed by atoms with van der Waals surface area (Å²) >= 11 is 0. The Kier molecular flexibility index (Phi) is 8.16. The molecule has 1 aliphatic heterocycles. The fourth-order valence-electron chi connectivity index (χ4n) is 4.07. The molecular weight excluding hydrogens is 515 g/mol. The Bertz CT molecular complexity index is 1460. The first-order valence-electron chi connectivity index (χ1n) is 12.0. The van der Waals surface area contributed by atoms with Gasteiger partial charge in [-0.15, -0.1) is 0 Å². The molecule has 1 unspecified atom stereocenters. The minimum Gasteiger partial charge on any atom is -0.465 e. The summed E-state index contributed by atoms with van der Waals surface area (Å²) in [5.74, 6) is -1.44. The molecule has 38 heavy (non-hydrogen) atoms. The summed E-state index contributed by atoms with van der Waals surface area (Å²) in [5.41, 5.74) is -0.647. The minimum atomic E-state index is -4.16. The highest BCUT2D eigenvalue weighted by molar-refractivity contribution is 7.54. The van der Waals surface area contributed by atoms with Crippen LogP contribution in [-0.2, 0) is 14.0 Å². The number of ether oxygens (including phenoxy) is 2. The van der Waals surface area contributed by atoms with Crippen LogP contribution in [0.5, 0.6) is 11.5 Å². The van der Waals surface area contributed by atoms with Crippen LogP contribution in [0.1, 0.15) is 34.1 Å². The second kappa shape index (κ2) is 11.5. The first-order chi connectivity index (χ1) is 18.3. The number of nitrogens with one attached hydrogen (secondary N) is 1. The molecule has 11 nitrogen and oxygen atoms in total. The van der Waals surface area contributed by atoms with Crippen LogP contribution in [0.4, 0.5) is 11.4 Å². The second-order valence-electron chi connectivity index (χ2n) is 8.37. The summed E-state index contributed by atoms with van der Waals surface area (Å²) in [7, 11) is -2.95. The van der Waals surface area contributed by atoms with E-state index >= 15 is 0 Å². The zero-order valence-electron chi connectivity index (χ0n) is 20.9. The fraction of sp³-hybridized carbons (Fsp3) is 0.308. The van der Waals surface area contributed by atoms with E-state index < -0.39 is 30.4 Å². The zero-order chi connectivity index (χ0) is 27.3. The number of carbonyl (C=O) groups excluding carboxylic acids is 2. The van der Waals surface area contributed by atoms with Crippen LogP contribution in [0.2, 0.25) is 0 Å². The first kappa shape index (κ1) is 26.9. The zero-order valence-corrected chi connectivity index (χ0v) is 21.8. The summed E-state index contributed by atoms with van der Waals surface area (Å²) in [4.78, 5) is 50.7. The summed E-state index contributed by atoms with van der Waals surface area (Å²) in [6, 6.07) is 12.2. The van der Waals surface area contributed by atoms with Gasteiger partial charge in [0, 0.05) is 19.6 Å². The summed E-state index contributed by atoms with van der Waals surface area (Å²) in [5, 5.41) is 2.96. The van der Waals surface area contributed by atoms with Crippen molar-refractivity contribution in [1.82, 2.24) is 0 Å². The fourth-order valence-corrected chi connectivity index (χ4v) is 5.69. The van der Waals surface area contributed by atoms with Gasteiger partial charge in [-0.05, 0) is 37.6 Å². The van der Waals surface area contributed by atoms with Crippen molar-refractivity contribution in [3.05, 3.63) is 80.1 Å². The average molecular weight is 542 g/mol. The normalized spacial score (nSPS) is 14.4. The SMILES string of the molecule is CCOC(=O)c1ccccc1OP(=O)(CCN1CCCNc2c1c(=O)c2=O)Oc1ccccc1C(=O)OC. The summed E-state index contributed by atoms with van der Waals surface area (Å²) in [6.45, 7) is 2.77. The lowest BCUT2D eigenvalue weighted by molar-refractivity contribution is 0.0523. The van der Waals surface area contributed by atoms with Crippen LogP contribution in [0.3, 0.4) is 0 Å². The third-order valence-corrected chi connectivity index (χ3v) is 7.60. The van der Waals surface area contributed by atoms with Gasteiger partial charge < -0.3 is 28.7 Å².